The zero-order valence-corrected chi connectivity index (χ0v) is 19.3. The minimum absolute atomic E-state index is 0.0588. The molecule has 1 saturated heterocycles. The van der Waals surface area contributed by atoms with Crippen LogP contribution in [0.4, 0.5) is 10.2 Å². The summed E-state index contributed by atoms with van der Waals surface area (Å²) in [5.41, 5.74) is 1.03. The number of nitrogens with zero attached hydrogens (tertiary/aromatic N) is 3. The molecule has 0 aliphatic carbocycles. The number of aromatic nitrogens is 1. The number of carbonyl (C=O) groups is 2. The molecule has 170 valence electrons. The van der Waals surface area contributed by atoms with Crippen molar-refractivity contribution < 1.29 is 19.1 Å². The molecule has 8 nitrogen and oxygen atoms in total. The molecule has 0 unspecified atom stereocenters. The van der Waals surface area contributed by atoms with Crippen molar-refractivity contribution in [2.24, 2.45) is 0 Å². The Hall–Kier alpha value is -3.49. The maximum absolute atomic E-state index is 13.2. The van der Waals surface area contributed by atoms with E-state index in [0.29, 0.717) is 16.9 Å². The van der Waals surface area contributed by atoms with E-state index in [1.165, 1.54) is 22.8 Å². The molecule has 3 rings (SSSR count). The monoisotopic (exact) mass is 486 g/mol. The van der Waals surface area contributed by atoms with Crippen LogP contribution in [0.25, 0.3) is 6.08 Å². The Morgan fingerprint density at radius 1 is 1.33 bits per heavy atom. The number of carbonyl (C=O) groups excluding carboxylic acids is 1. The van der Waals surface area contributed by atoms with Gasteiger partial charge in [0.05, 0.1) is 4.91 Å². The average Bonchev–Trinajstić information content (AvgIpc) is 3.03. The van der Waals surface area contributed by atoms with Gasteiger partial charge in [-0.15, -0.1) is 0 Å². The third kappa shape index (κ3) is 4.97. The molecule has 1 aromatic carbocycles. The first-order chi connectivity index (χ1) is 15.7. The lowest BCUT2D eigenvalue weighted by Crippen LogP contribution is -2.33. The predicted molar refractivity (Wildman–Crippen MR) is 127 cm³/mol. The molecule has 2 heterocycles. The van der Waals surface area contributed by atoms with E-state index in [-0.39, 0.29) is 33.7 Å². The number of carboxylic acid groups (broad SMARTS) is 1. The van der Waals surface area contributed by atoms with E-state index in [4.69, 9.17) is 17.3 Å². The number of hydrogen-bond donors (Lipinski definition) is 2. The number of thioether (sulfide) groups is 1. The lowest BCUT2D eigenvalue weighted by Gasteiger charge is -2.19. The van der Waals surface area contributed by atoms with Crippen molar-refractivity contribution in [1.82, 2.24) is 9.47 Å². The van der Waals surface area contributed by atoms with Gasteiger partial charge in [-0.05, 0) is 43.2 Å². The summed E-state index contributed by atoms with van der Waals surface area (Å²) in [6.07, 6.45) is 1.51. The fourth-order valence-corrected chi connectivity index (χ4v) is 4.58. The van der Waals surface area contributed by atoms with E-state index < -0.39 is 24.0 Å². The molecule has 33 heavy (non-hydrogen) atoms. The Bertz CT molecular complexity index is 1280. The first-order valence-electron chi connectivity index (χ1n) is 9.80. The molecule has 1 amide bonds. The number of pyridine rings is 1. The summed E-state index contributed by atoms with van der Waals surface area (Å²) >= 11 is 6.10. The van der Waals surface area contributed by atoms with Gasteiger partial charge in [0.25, 0.3) is 11.5 Å². The number of benzene rings is 1. The first-order valence-corrected chi connectivity index (χ1v) is 11.0. The first kappa shape index (κ1) is 24.2. The average molecular weight is 487 g/mol. The number of nitriles is 1. The van der Waals surface area contributed by atoms with Crippen LogP contribution in [-0.4, -0.2) is 37.3 Å². The van der Waals surface area contributed by atoms with Crippen LogP contribution in [0.15, 0.2) is 34.0 Å². The van der Waals surface area contributed by atoms with Crippen LogP contribution in [0, 0.1) is 24.1 Å². The van der Waals surface area contributed by atoms with Crippen LogP contribution in [0.3, 0.4) is 0 Å². The van der Waals surface area contributed by atoms with E-state index >= 15 is 0 Å². The Morgan fingerprint density at radius 3 is 2.58 bits per heavy atom. The van der Waals surface area contributed by atoms with E-state index in [2.05, 4.69) is 5.32 Å². The number of halogens is 1. The second-order valence-corrected chi connectivity index (χ2v) is 8.74. The van der Waals surface area contributed by atoms with Gasteiger partial charge < -0.3 is 10.4 Å². The van der Waals surface area contributed by atoms with Crippen LogP contribution < -0.4 is 10.9 Å². The van der Waals surface area contributed by atoms with Crippen molar-refractivity contribution in [3.05, 3.63) is 67.6 Å². The quantitative estimate of drug-likeness (QED) is 0.453. The van der Waals surface area contributed by atoms with Gasteiger partial charge in [0.1, 0.15) is 34.1 Å². The predicted octanol–water partition coefficient (Wildman–Crippen LogP) is 3.09. The van der Waals surface area contributed by atoms with Gasteiger partial charge in [-0.1, -0.05) is 36.1 Å². The molecule has 11 heteroatoms. The number of anilines is 1. The molecule has 0 atom stereocenters. The molecule has 0 saturated carbocycles. The van der Waals surface area contributed by atoms with Crippen LogP contribution >= 0.6 is 24.0 Å². The topological polar surface area (TPSA) is 115 Å². The van der Waals surface area contributed by atoms with Gasteiger partial charge >= 0.3 is 5.97 Å². The summed E-state index contributed by atoms with van der Waals surface area (Å²) < 4.78 is 14.7. The fourth-order valence-electron chi connectivity index (χ4n) is 3.35. The highest BCUT2D eigenvalue weighted by atomic mass is 32.2. The van der Waals surface area contributed by atoms with Gasteiger partial charge in [0.15, 0.2) is 0 Å². The van der Waals surface area contributed by atoms with Crippen molar-refractivity contribution in [3.8, 4) is 6.07 Å². The van der Waals surface area contributed by atoms with Crippen molar-refractivity contribution in [2.75, 3.05) is 11.9 Å². The fraction of sp³-hybridized carbons (Fsp3) is 0.227. The maximum Gasteiger partial charge on any atom is 0.323 e. The van der Waals surface area contributed by atoms with Crippen molar-refractivity contribution in [3.63, 3.8) is 0 Å². The molecule has 0 bridgehead atoms. The molecule has 2 N–H and O–H groups in total. The normalized spacial score (nSPS) is 14.6. The lowest BCUT2D eigenvalue weighted by molar-refractivity contribution is -0.140. The van der Waals surface area contributed by atoms with Gasteiger partial charge in [-0.2, -0.15) is 5.26 Å². The Morgan fingerprint density at radius 2 is 2.00 bits per heavy atom. The summed E-state index contributed by atoms with van der Waals surface area (Å²) in [6.45, 7) is 3.30. The largest absolute Gasteiger partial charge is 0.480 e. The smallest absolute Gasteiger partial charge is 0.323 e. The Kier molecular flexibility index (Phi) is 7.30. The molecule has 0 spiro atoms. The highest BCUT2D eigenvalue weighted by Gasteiger charge is 2.34. The zero-order chi connectivity index (χ0) is 24.3. The lowest BCUT2D eigenvalue weighted by atomic mass is 10.0. The highest BCUT2D eigenvalue weighted by molar-refractivity contribution is 8.26. The number of thiocarbonyl (C=S) groups is 1. The van der Waals surface area contributed by atoms with Gasteiger partial charge in [0, 0.05) is 18.7 Å². The SMILES string of the molecule is CCn1c(NCc2ccc(F)cc2)c(/C=C2/SC(=S)N(CC(=O)O)C2=O)c(C)c(C#N)c1=O. The number of rotatable bonds is 7. The minimum Gasteiger partial charge on any atom is -0.480 e. The summed E-state index contributed by atoms with van der Waals surface area (Å²) in [5.74, 6) is -1.75. The van der Waals surface area contributed by atoms with Crippen molar-refractivity contribution in [2.45, 2.75) is 26.9 Å². The standard InChI is InChI=1S/C22H19FN4O4S2/c1-3-26-19(25-10-13-4-6-14(23)7-5-13)15(12(2)16(9-24)20(26)30)8-17-21(31)27(11-18(28)29)22(32)33-17/h4-8,25H,3,10-11H2,1-2H3,(H,28,29)/b17-8+. The van der Waals surface area contributed by atoms with Crippen LogP contribution in [0.1, 0.15) is 29.2 Å². The van der Waals surface area contributed by atoms with E-state index in [0.717, 1.165) is 22.2 Å². The molecule has 0 radical (unpaired) electrons. The number of nitrogens with one attached hydrogen (secondary N) is 1. The summed E-state index contributed by atoms with van der Waals surface area (Å²) in [7, 11) is 0. The van der Waals surface area contributed by atoms with Crippen LogP contribution in [-0.2, 0) is 22.7 Å². The maximum atomic E-state index is 13.2. The summed E-state index contributed by atoms with van der Waals surface area (Å²) in [6, 6.07) is 7.77. The number of carboxylic acids is 1. The summed E-state index contributed by atoms with van der Waals surface area (Å²) in [5, 5.41) is 21.8. The van der Waals surface area contributed by atoms with E-state index in [1.807, 2.05) is 6.07 Å². The van der Waals surface area contributed by atoms with Gasteiger partial charge in [-0.25, -0.2) is 4.39 Å². The van der Waals surface area contributed by atoms with E-state index in [9.17, 15) is 24.0 Å². The number of amides is 1. The minimum atomic E-state index is -1.20. The van der Waals surface area contributed by atoms with Gasteiger partial charge in [-0.3, -0.25) is 23.9 Å². The molecule has 2 aromatic rings. The van der Waals surface area contributed by atoms with Crippen LogP contribution in [0.5, 0.6) is 0 Å². The molecular weight excluding hydrogens is 467 g/mol. The number of hydrogen-bond acceptors (Lipinski definition) is 7. The van der Waals surface area contributed by atoms with Gasteiger partial charge in [0.2, 0.25) is 0 Å². The highest BCUT2D eigenvalue weighted by Crippen LogP contribution is 2.35. The van der Waals surface area contributed by atoms with E-state index in [1.54, 1.807) is 26.0 Å². The molecule has 1 fully saturated rings. The molecule has 1 aliphatic heterocycles. The second-order valence-electron chi connectivity index (χ2n) is 7.07. The number of aliphatic carboxylic acids is 1. The molecule has 1 aliphatic rings. The van der Waals surface area contributed by atoms with Crippen LogP contribution in [0.2, 0.25) is 0 Å². The van der Waals surface area contributed by atoms with Crippen molar-refractivity contribution in [1.29, 1.82) is 5.26 Å². The summed E-state index contributed by atoms with van der Waals surface area (Å²) in [4.78, 5) is 37.9. The Labute approximate surface area is 198 Å². The van der Waals surface area contributed by atoms with Crippen molar-refractivity contribution >= 4 is 52.1 Å². The zero-order valence-electron chi connectivity index (χ0n) is 17.7. The third-order valence-corrected chi connectivity index (χ3v) is 6.38. The molecular formula is C22H19FN4O4S2. The third-order valence-electron chi connectivity index (χ3n) is 5.01. The Balaban J connectivity index is 2.12. The second kappa shape index (κ2) is 9.97. The molecule has 1 aromatic heterocycles.